The average Bonchev–Trinajstić information content (AvgIpc) is 3.23. The summed E-state index contributed by atoms with van der Waals surface area (Å²) >= 11 is 0. The molecule has 2 N–H and O–H groups in total. The van der Waals surface area contributed by atoms with E-state index in [1.165, 1.54) is 58.0 Å². The topological polar surface area (TPSA) is 48.9 Å². The fraction of sp³-hybridized carbons (Fsp3) is 0.941. The smallest absolute Gasteiger partial charge is 0.191 e. The number of guanidine groups is 1. The van der Waals surface area contributed by atoms with Gasteiger partial charge in [-0.3, -0.25) is 9.89 Å². The van der Waals surface area contributed by atoms with Crippen LogP contribution < -0.4 is 10.6 Å². The third kappa shape index (κ3) is 5.74. The second-order valence-electron chi connectivity index (χ2n) is 7.07. The number of halogens is 1. The van der Waals surface area contributed by atoms with Crippen LogP contribution in [0.15, 0.2) is 4.99 Å². The molecule has 2 saturated heterocycles. The molecule has 6 heteroatoms. The molecule has 0 radical (unpaired) electrons. The highest BCUT2D eigenvalue weighted by molar-refractivity contribution is 14.0. The van der Waals surface area contributed by atoms with Crippen molar-refractivity contribution in [2.24, 2.45) is 10.9 Å². The summed E-state index contributed by atoms with van der Waals surface area (Å²) in [6.45, 7) is 5.28. The highest BCUT2D eigenvalue weighted by atomic mass is 127. The lowest BCUT2D eigenvalue weighted by Crippen LogP contribution is -2.46. The Kier molecular flexibility index (Phi) is 8.40. The van der Waals surface area contributed by atoms with E-state index in [4.69, 9.17) is 4.74 Å². The third-order valence-electron chi connectivity index (χ3n) is 5.52. The van der Waals surface area contributed by atoms with Crippen molar-refractivity contribution in [3.63, 3.8) is 0 Å². The Bertz CT molecular complexity index is 368. The average molecular weight is 436 g/mol. The highest BCUT2D eigenvalue weighted by Crippen LogP contribution is 2.26. The summed E-state index contributed by atoms with van der Waals surface area (Å²) in [4.78, 5) is 7.09. The molecule has 1 saturated carbocycles. The molecular formula is C17H33IN4O. The number of nitrogens with one attached hydrogen (secondary N) is 2. The van der Waals surface area contributed by atoms with Crippen LogP contribution in [0.1, 0.15) is 44.9 Å². The first-order chi connectivity index (χ1) is 10.8. The summed E-state index contributed by atoms with van der Waals surface area (Å²) < 4.78 is 5.42. The molecule has 3 rings (SSSR count). The van der Waals surface area contributed by atoms with Gasteiger partial charge in [0.25, 0.3) is 0 Å². The van der Waals surface area contributed by atoms with Crippen molar-refractivity contribution in [3.8, 4) is 0 Å². The summed E-state index contributed by atoms with van der Waals surface area (Å²) in [6, 6.07) is 1.41. The zero-order valence-electron chi connectivity index (χ0n) is 14.4. The summed E-state index contributed by atoms with van der Waals surface area (Å²) in [5.74, 6) is 1.70. The molecule has 0 aromatic heterocycles. The Morgan fingerprint density at radius 3 is 2.57 bits per heavy atom. The SMILES string of the molecule is CN=C(NCC1CCOCC1)NC1CCN(C2CCCC2)C1.I. The molecule has 1 unspecified atom stereocenters. The van der Waals surface area contributed by atoms with Gasteiger partial charge in [0.15, 0.2) is 5.96 Å². The Morgan fingerprint density at radius 2 is 1.87 bits per heavy atom. The van der Waals surface area contributed by atoms with Gasteiger partial charge in [-0.05, 0) is 38.0 Å². The second-order valence-corrected chi connectivity index (χ2v) is 7.07. The summed E-state index contributed by atoms with van der Waals surface area (Å²) in [5, 5.41) is 7.14. The largest absolute Gasteiger partial charge is 0.381 e. The van der Waals surface area contributed by atoms with Gasteiger partial charge >= 0.3 is 0 Å². The van der Waals surface area contributed by atoms with E-state index in [1.807, 2.05) is 7.05 Å². The van der Waals surface area contributed by atoms with Crippen LogP contribution in [0.4, 0.5) is 0 Å². The molecule has 3 fully saturated rings. The fourth-order valence-corrected chi connectivity index (χ4v) is 4.09. The normalized spacial score (nSPS) is 27.9. The lowest BCUT2D eigenvalue weighted by molar-refractivity contribution is 0.0675. The Morgan fingerprint density at radius 1 is 1.13 bits per heavy atom. The Labute approximate surface area is 158 Å². The van der Waals surface area contributed by atoms with E-state index in [-0.39, 0.29) is 24.0 Å². The van der Waals surface area contributed by atoms with Crippen LogP contribution in [0, 0.1) is 5.92 Å². The lowest BCUT2D eigenvalue weighted by Gasteiger charge is -2.25. The summed E-state index contributed by atoms with van der Waals surface area (Å²) in [5.41, 5.74) is 0. The van der Waals surface area contributed by atoms with Crippen LogP contribution in [0.5, 0.6) is 0 Å². The minimum absolute atomic E-state index is 0. The van der Waals surface area contributed by atoms with Gasteiger partial charge in [0.2, 0.25) is 0 Å². The minimum atomic E-state index is 0. The first-order valence-electron chi connectivity index (χ1n) is 9.14. The van der Waals surface area contributed by atoms with Gasteiger partial charge < -0.3 is 15.4 Å². The third-order valence-corrected chi connectivity index (χ3v) is 5.52. The van der Waals surface area contributed by atoms with Gasteiger partial charge in [-0.1, -0.05) is 12.8 Å². The molecule has 0 aromatic carbocycles. The number of rotatable bonds is 4. The van der Waals surface area contributed by atoms with Gasteiger partial charge in [-0.2, -0.15) is 0 Å². The molecule has 23 heavy (non-hydrogen) atoms. The zero-order chi connectivity index (χ0) is 15.2. The molecule has 0 amide bonds. The number of hydrogen-bond acceptors (Lipinski definition) is 3. The van der Waals surface area contributed by atoms with Crippen molar-refractivity contribution in [3.05, 3.63) is 0 Å². The first kappa shape index (κ1) is 19.2. The fourth-order valence-electron chi connectivity index (χ4n) is 4.09. The molecule has 2 heterocycles. The maximum Gasteiger partial charge on any atom is 0.191 e. The van der Waals surface area contributed by atoms with E-state index < -0.39 is 0 Å². The summed E-state index contributed by atoms with van der Waals surface area (Å²) in [7, 11) is 1.88. The number of aliphatic imine (C=N–C) groups is 1. The molecule has 0 spiro atoms. The van der Waals surface area contributed by atoms with Crippen molar-refractivity contribution < 1.29 is 4.74 Å². The molecule has 5 nitrogen and oxygen atoms in total. The number of nitrogens with zero attached hydrogens (tertiary/aromatic N) is 2. The molecule has 1 aliphatic carbocycles. The van der Waals surface area contributed by atoms with Crippen LogP contribution in [-0.2, 0) is 4.74 Å². The second kappa shape index (κ2) is 10.0. The maximum atomic E-state index is 5.42. The number of likely N-dealkylation sites (tertiary alicyclic amines) is 1. The molecule has 3 aliphatic rings. The van der Waals surface area contributed by atoms with Gasteiger partial charge in [0.1, 0.15) is 0 Å². The monoisotopic (exact) mass is 436 g/mol. The first-order valence-corrected chi connectivity index (χ1v) is 9.14. The van der Waals surface area contributed by atoms with E-state index in [9.17, 15) is 0 Å². The van der Waals surface area contributed by atoms with Crippen LogP contribution in [0.3, 0.4) is 0 Å². The molecule has 0 aromatic rings. The number of hydrogen-bond donors (Lipinski definition) is 2. The van der Waals surface area contributed by atoms with Gasteiger partial charge in [-0.15, -0.1) is 24.0 Å². The van der Waals surface area contributed by atoms with Crippen LogP contribution in [0.25, 0.3) is 0 Å². The van der Waals surface area contributed by atoms with Crippen molar-refractivity contribution in [1.82, 2.24) is 15.5 Å². The van der Waals surface area contributed by atoms with E-state index in [0.717, 1.165) is 37.7 Å². The Hall–Kier alpha value is -0.0800. The van der Waals surface area contributed by atoms with E-state index in [2.05, 4.69) is 20.5 Å². The quantitative estimate of drug-likeness (QED) is 0.403. The molecule has 134 valence electrons. The van der Waals surface area contributed by atoms with Crippen LogP contribution in [-0.4, -0.2) is 62.8 Å². The van der Waals surface area contributed by atoms with Crippen LogP contribution in [0.2, 0.25) is 0 Å². The van der Waals surface area contributed by atoms with Crippen molar-refractivity contribution >= 4 is 29.9 Å². The predicted molar refractivity (Wildman–Crippen MR) is 106 cm³/mol. The molecule has 2 aliphatic heterocycles. The van der Waals surface area contributed by atoms with E-state index in [0.29, 0.717) is 6.04 Å². The van der Waals surface area contributed by atoms with E-state index in [1.54, 1.807) is 0 Å². The highest BCUT2D eigenvalue weighted by Gasteiger charge is 2.30. The molecule has 1 atom stereocenters. The molecular weight excluding hydrogens is 403 g/mol. The standard InChI is InChI=1S/C17H32N4O.HI/c1-18-17(19-12-14-7-10-22-11-8-14)20-15-6-9-21(13-15)16-4-2-3-5-16;/h14-16H,2-13H2,1H3,(H2,18,19,20);1H. The summed E-state index contributed by atoms with van der Waals surface area (Å²) in [6.07, 6.45) is 9.24. The Balaban J connectivity index is 0.00000192. The lowest BCUT2D eigenvalue weighted by atomic mass is 10.0. The van der Waals surface area contributed by atoms with Crippen molar-refractivity contribution in [1.29, 1.82) is 0 Å². The van der Waals surface area contributed by atoms with E-state index >= 15 is 0 Å². The van der Waals surface area contributed by atoms with Gasteiger partial charge in [0.05, 0.1) is 0 Å². The maximum absolute atomic E-state index is 5.42. The minimum Gasteiger partial charge on any atom is -0.381 e. The van der Waals surface area contributed by atoms with Crippen molar-refractivity contribution in [2.75, 3.05) is 39.9 Å². The van der Waals surface area contributed by atoms with Crippen LogP contribution >= 0.6 is 24.0 Å². The molecule has 0 bridgehead atoms. The zero-order valence-corrected chi connectivity index (χ0v) is 16.8. The van der Waals surface area contributed by atoms with Gasteiger partial charge in [0, 0.05) is 52.0 Å². The van der Waals surface area contributed by atoms with Crippen molar-refractivity contribution in [2.45, 2.75) is 57.0 Å². The van der Waals surface area contributed by atoms with Gasteiger partial charge in [-0.25, -0.2) is 0 Å². The number of ether oxygens (including phenoxy) is 1. The predicted octanol–water partition coefficient (Wildman–Crippen LogP) is 2.21.